The van der Waals surface area contributed by atoms with Crippen molar-refractivity contribution in [1.82, 2.24) is 0 Å². The third-order valence-electron chi connectivity index (χ3n) is 2.61. The number of rotatable bonds is 8. The van der Waals surface area contributed by atoms with Crippen molar-refractivity contribution in [1.29, 1.82) is 0 Å². The Morgan fingerprint density at radius 2 is 2.05 bits per heavy atom. The number of ketones is 1. The Hall–Kier alpha value is -0.720. The molecule has 0 aliphatic rings. The number of Topliss-reactive ketones (excluding diaryl/α,β-unsaturated/α-hetero) is 1. The number of thiophene rings is 1. The van der Waals surface area contributed by atoms with Crippen LogP contribution >= 0.6 is 27.3 Å². The van der Waals surface area contributed by atoms with Gasteiger partial charge in [0.15, 0.2) is 12.7 Å². The van der Waals surface area contributed by atoms with Crippen LogP contribution in [0.15, 0.2) is 15.9 Å². The highest BCUT2D eigenvalue weighted by Gasteiger charge is 2.18. The first-order valence-electron chi connectivity index (χ1n) is 6.46. The Bertz CT molecular complexity index is 456. The summed E-state index contributed by atoms with van der Waals surface area (Å²) < 4.78 is 11.1. The van der Waals surface area contributed by atoms with Crippen LogP contribution in [0.3, 0.4) is 0 Å². The number of hydrogen-bond donors (Lipinski definition) is 0. The summed E-state index contributed by atoms with van der Waals surface area (Å²) >= 11 is 4.59. The summed E-state index contributed by atoms with van der Waals surface area (Å²) in [5.74, 6) is -0.194. The zero-order valence-corrected chi connectivity index (χ0v) is 14.3. The summed E-state index contributed by atoms with van der Waals surface area (Å²) in [7, 11) is 0. The van der Waals surface area contributed by atoms with Crippen LogP contribution in [-0.2, 0) is 14.3 Å². The molecule has 1 aromatic heterocycles. The first kappa shape index (κ1) is 17.3. The highest BCUT2D eigenvalue weighted by atomic mass is 79.9. The van der Waals surface area contributed by atoms with E-state index < -0.39 is 12.1 Å². The third-order valence-corrected chi connectivity index (χ3v) is 4.49. The van der Waals surface area contributed by atoms with Crippen molar-refractivity contribution in [2.24, 2.45) is 5.92 Å². The number of carbonyl (C=O) groups is 2. The number of hydrogen-bond acceptors (Lipinski definition) is 5. The molecule has 0 aliphatic heterocycles. The molecule has 0 saturated carbocycles. The molecule has 1 atom stereocenters. The Morgan fingerprint density at radius 3 is 2.60 bits per heavy atom. The molecule has 4 nitrogen and oxygen atoms in total. The minimum atomic E-state index is -0.645. The fraction of sp³-hybridized carbons (Fsp3) is 0.571. The highest BCUT2D eigenvalue weighted by Crippen LogP contribution is 2.23. The predicted molar refractivity (Wildman–Crippen MR) is 82.2 cm³/mol. The van der Waals surface area contributed by atoms with Gasteiger partial charge in [-0.3, -0.25) is 4.79 Å². The van der Waals surface area contributed by atoms with Crippen molar-refractivity contribution in [3.8, 4) is 0 Å². The van der Waals surface area contributed by atoms with Crippen LogP contribution in [0.2, 0.25) is 0 Å². The minimum Gasteiger partial charge on any atom is -0.455 e. The second-order valence-corrected chi connectivity index (χ2v) is 6.59. The Morgan fingerprint density at radius 1 is 1.35 bits per heavy atom. The molecule has 1 unspecified atom stereocenters. The average molecular weight is 363 g/mol. The van der Waals surface area contributed by atoms with Gasteiger partial charge in [0.1, 0.15) is 0 Å². The molecule has 0 amide bonds. The zero-order chi connectivity index (χ0) is 15.1. The van der Waals surface area contributed by atoms with Crippen LogP contribution in [-0.4, -0.2) is 31.1 Å². The van der Waals surface area contributed by atoms with Gasteiger partial charge in [-0.1, -0.05) is 13.8 Å². The fourth-order valence-corrected chi connectivity index (χ4v) is 2.88. The van der Waals surface area contributed by atoms with Gasteiger partial charge in [-0.25, -0.2) is 4.79 Å². The van der Waals surface area contributed by atoms with E-state index in [1.54, 1.807) is 18.4 Å². The van der Waals surface area contributed by atoms with E-state index in [-0.39, 0.29) is 12.4 Å². The molecule has 0 aliphatic carbocycles. The molecule has 0 spiro atoms. The van der Waals surface area contributed by atoms with Gasteiger partial charge in [-0.05, 0) is 46.6 Å². The molecule has 20 heavy (non-hydrogen) atoms. The van der Waals surface area contributed by atoms with Crippen molar-refractivity contribution in [2.45, 2.75) is 33.3 Å². The molecule has 0 N–H and O–H groups in total. The van der Waals surface area contributed by atoms with E-state index in [9.17, 15) is 9.59 Å². The number of carbonyl (C=O) groups excluding carboxylic acids is 2. The van der Waals surface area contributed by atoms with Crippen LogP contribution in [0.4, 0.5) is 0 Å². The predicted octanol–water partition coefficient (Wildman–Crippen LogP) is 3.69. The number of halogens is 1. The lowest BCUT2D eigenvalue weighted by Crippen LogP contribution is -2.26. The number of ether oxygens (including phenoxy) is 2. The maximum atomic E-state index is 11.8. The van der Waals surface area contributed by atoms with Gasteiger partial charge in [-0.15, -0.1) is 11.3 Å². The van der Waals surface area contributed by atoms with E-state index in [0.29, 0.717) is 17.4 Å². The van der Waals surface area contributed by atoms with Crippen LogP contribution in [0.25, 0.3) is 0 Å². The van der Waals surface area contributed by atoms with Crippen molar-refractivity contribution in [3.05, 3.63) is 20.8 Å². The highest BCUT2D eigenvalue weighted by molar-refractivity contribution is 9.10. The van der Waals surface area contributed by atoms with Gasteiger partial charge in [0.2, 0.25) is 5.78 Å². The molecule has 112 valence electrons. The summed E-state index contributed by atoms with van der Waals surface area (Å²) in [5, 5.41) is 1.80. The summed E-state index contributed by atoms with van der Waals surface area (Å²) in [6.45, 7) is 6.07. The fourth-order valence-electron chi connectivity index (χ4n) is 1.36. The van der Waals surface area contributed by atoms with E-state index >= 15 is 0 Å². The standard InChI is InChI=1S/C14H19BrO4S/c1-9(2)4-6-18-10(3)14(17)19-8-12(16)13-11(15)5-7-20-13/h5,7,9-10H,4,6,8H2,1-3H3. The largest absolute Gasteiger partial charge is 0.455 e. The van der Waals surface area contributed by atoms with Crippen LogP contribution in [0, 0.1) is 5.92 Å². The molecule has 0 radical (unpaired) electrons. The van der Waals surface area contributed by atoms with Gasteiger partial charge in [0.05, 0.1) is 4.88 Å². The van der Waals surface area contributed by atoms with Gasteiger partial charge in [0, 0.05) is 11.1 Å². The van der Waals surface area contributed by atoms with Crippen molar-refractivity contribution >= 4 is 39.0 Å². The first-order valence-corrected chi connectivity index (χ1v) is 8.13. The average Bonchev–Trinajstić information content (AvgIpc) is 2.81. The van der Waals surface area contributed by atoms with Gasteiger partial charge in [0.25, 0.3) is 0 Å². The smallest absolute Gasteiger partial charge is 0.335 e. The molecule has 1 rings (SSSR count). The third kappa shape index (κ3) is 5.73. The van der Waals surface area contributed by atoms with Crippen molar-refractivity contribution in [2.75, 3.05) is 13.2 Å². The van der Waals surface area contributed by atoms with E-state index in [2.05, 4.69) is 29.8 Å². The topological polar surface area (TPSA) is 52.6 Å². The quantitative estimate of drug-likeness (QED) is 0.522. The molecule has 0 bridgehead atoms. The van der Waals surface area contributed by atoms with E-state index in [1.807, 2.05) is 0 Å². The van der Waals surface area contributed by atoms with Crippen LogP contribution in [0.5, 0.6) is 0 Å². The molecule has 1 heterocycles. The zero-order valence-electron chi connectivity index (χ0n) is 11.8. The van der Waals surface area contributed by atoms with E-state index in [1.165, 1.54) is 11.3 Å². The summed E-state index contributed by atoms with van der Waals surface area (Å²) in [4.78, 5) is 24.1. The molecule has 6 heteroatoms. The second-order valence-electron chi connectivity index (χ2n) is 4.82. The van der Waals surface area contributed by atoms with E-state index in [0.717, 1.165) is 10.9 Å². The lowest BCUT2D eigenvalue weighted by Gasteiger charge is -2.13. The Labute approximate surface area is 131 Å². The lowest BCUT2D eigenvalue weighted by atomic mass is 10.1. The molecular formula is C14H19BrO4S. The second kappa shape index (κ2) is 8.54. The molecule has 0 fully saturated rings. The monoisotopic (exact) mass is 362 g/mol. The van der Waals surface area contributed by atoms with Gasteiger partial charge in [-0.2, -0.15) is 0 Å². The summed E-state index contributed by atoms with van der Waals surface area (Å²) in [6.07, 6.45) is 0.243. The first-order chi connectivity index (χ1) is 9.41. The molecule has 1 aromatic rings. The maximum Gasteiger partial charge on any atom is 0.335 e. The summed E-state index contributed by atoms with van der Waals surface area (Å²) in [6, 6.07) is 1.79. The molecule has 0 saturated heterocycles. The van der Waals surface area contributed by atoms with Gasteiger partial charge < -0.3 is 9.47 Å². The SMILES string of the molecule is CC(C)CCOC(C)C(=O)OCC(=O)c1sccc1Br. The van der Waals surface area contributed by atoms with Crippen molar-refractivity contribution in [3.63, 3.8) is 0 Å². The molecule has 0 aromatic carbocycles. The maximum absolute atomic E-state index is 11.8. The normalized spacial score (nSPS) is 12.4. The lowest BCUT2D eigenvalue weighted by molar-refractivity contribution is -0.155. The van der Waals surface area contributed by atoms with Crippen LogP contribution in [0.1, 0.15) is 36.9 Å². The minimum absolute atomic E-state index is 0.213. The van der Waals surface area contributed by atoms with Crippen LogP contribution < -0.4 is 0 Å². The molecular weight excluding hydrogens is 344 g/mol. The Balaban J connectivity index is 2.32. The Kier molecular flexibility index (Phi) is 7.40. The van der Waals surface area contributed by atoms with Crippen molar-refractivity contribution < 1.29 is 19.1 Å². The number of esters is 1. The summed E-state index contributed by atoms with van der Waals surface area (Å²) in [5.41, 5.74) is 0. The van der Waals surface area contributed by atoms with E-state index in [4.69, 9.17) is 9.47 Å². The van der Waals surface area contributed by atoms with Gasteiger partial charge >= 0.3 is 5.97 Å².